The summed E-state index contributed by atoms with van der Waals surface area (Å²) < 4.78 is 31.7. The van der Waals surface area contributed by atoms with Crippen LogP contribution in [0.15, 0.2) is 23.1 Å². The lowest BCUT2D eigenvalue weighted by molar-refractivity contribution is 0.0525. The molecule has 0 fully saturated rings. The number of aryl methyl sites for hydroxylation is 2. The zero-order valence-electron chi connectivity index (χ0n) is 17.5. The van der Waals surface area contributed by atoms with Crippen molar-refractivity contribution in [1.29, 1.82) is 0 Å². The Morgan fingerprint density at radius 3 is 2.45 bits per heavy atom. The molecule has 1 aromatic carbocycles. The van der Waals surface area contributed by atoms with Crippen molar-refractivity contribution in [2.45, 2.75) is 45.6 Å². The normalized spacial score (nSPS) is 12.5. The van der Waals surface area contributed by atoms with Gasteiger partial charge in [0.25, 0.3) is 0 Å². The van der Waals surface area contributed by atoms with Gasteiger partial charge in [-0.05, 0) is 64.9 Å². The van der Waals surface area contributed by atoms with E-state index < -0.39 is 22.0 Å². The predicted molar refractivity (Wildman–Crippen MR) is 111 cm³/mol. The Hall–Kier alpha value is -2.65. The van der Waals surface area contributed by atoms with E-state index in [1.54, 1.807) is 46.8 Å². The number of benzene rings is 1. The van der Waals surface area contributed by atoms with Crippen LogP contribution in [0.1, 0.15) is 51.5 Å². The van der Waals surface area contributed by atoms with E-state index in [0.29, 0.717) is 33.8 Å². The minimum absolute atomic E-state index is 0.140. The number of ketones is 1. The summed E-state index contributed by atoms with van der Waals surface area (Å²) in [4.78, 5) is 28.2. The van der Waals surface area contributed by atoms with Crippen molar-refractivity contribution in [3.8, 4) is 0 Å². The van der Waals surface area contributed by atoms with Crippen LogP contribution in [0.5, 0.6) is 0 Å². The standard InChI is InChI=1S/C20H27N3O5S/c1-7-28-20(25)17-12(3)18(23-13(17)4)19(24)14(5)22-15-9-8-11(2)16(10-15)29(26,27)21-6/h8-10,14,21-23H,7H2,1-6H3/t14-/m0/s1. The molecule has 0 aliphatic rings. The van der Waals surface area contributed by atoms with Crippen molar-refractivity contribution in [3.05, 3.63) is 46.3 Å². The zero-order valence-corrected chi connectivity index (χ0v) is 18.3. The monoisotopic (exact) mass is 421 g/mol. The fourth-order valence-corrected chi connectivity index (χ4v) is 4.12. The average Bonchev–Trinajstić information content (AvgIpc) is 2.96. The van der Waals surface area contributed by atoms with Crippen molar-refractivity contribution in [2.24, 2.45) is 0 Å². The Bertz CT molecular complexity index is 1040. The zero-order chi connectivity index (χ0) is 21.9. The van der Waals surface area contributed by atoms with E-state index in [1.165, 1.54) is 13.1 Å². The summed E-state index contributed by atoms with van der Waals surface area (Å²) in [6.45, 7) is 8.74. The molecule has 3 N–H and O–H groups in total. The van der Waals surface area contributed by atoms with Gasteiger partial charge in [0.2, 0.25) is 15.8 Å². The number of hydrogen-bond donors (Lipinski definition) is 3. The summed E-state index contributed by atoms with van der Waals surface area (Å²) >= 11 is 0. The van der Waals surface area contributed by atoms with Gasteiger partial charge < -0.3 is 15.0 Å². The molecule has 2 aromatic rings. The van der Waals surface area contributed by atoms with Crippen LogP contribution >= 0.6 is 0 Å². The number of carbonyl (C=O) groups excluding carboxylic acids is 2. The number of Topliss-reactive ketones (excluding diaryl/α,β-unsaturated/α-hetero) is 1. The molecule has 8 nitrogen and oxygen atoms in total. The number of carbonyl (C=O) groups is 2. The Morgan fingerprint density at radius 1 is 1.21 bits per heavy atom. The highest BCUT2D eigenvalue weighted by Gasteiger charge is 2.26. The minimum atomic E-state index is -3.62. The van der Waals surface area contributed by atoms with Crippen molar-refractivity contribution in [3.63, 3.8) is 0 Å². The second kappa shape index (κ2) is 8.79. The molecule has 0 aliphatic heterocycles. The molecule has 1 atom stereocenters. The quantitative estimate of drug-likeness (QED) is 0.446. The van der Waals surface area contributed by atoms with Crippen LogP contribution in [0.3, 0.4) is 0 Å². The molecule has 2 rings (SSSR count). The predicted octanol–water partition coefficient (Wildman–Crippen LogP) is 2.71. The number of ether oxygens (including phenoxy) is 1. The van der Waals surface area contributed by atoms with Gasteiger partial charge >= 0.3 is 5.97 Å². The van der Waals surface area contributed by atoms with Crippen LogP contribution < -0.4 is 10.0 Å². The van der Waals surface area contributed by atoms with E-state index in [0.717, 1.165) is 0 Å². The summed E-state index contributed by atoms with van der Waals surface area (Å²) in [5.41, 5.74) is 2.87. The lowest BCUT2D eigenvalue weighted by Crippen LogP contribution is -2.27. The van der Waals surface area contributed by atoms with Crippen LogP contribution in [0.2, 0.25) is 0 Å². The van der Waals surface area contributed by atoms with Crippen LogP contribution in [0.4, 0.5) is 5.69 Å². The van der Waals surface area contributed by atoms with Crippen molar-refractivity contribution in [1.82, 2.24) is 9.71 Å². The number of H-pyrrole nitrogens is 1. The van der Waals surface area contributed by atoms with Crippen molar-refractivity contribution in [2.75, 3.05) is 19.0 Å². The number of nitrogens with one attached hydrogen (secondary N) is 3. The number of hydrogen-bond acceptors (Lipinski definition) is 6. The average molecular weight is 422 g/mol. The SMILES string of the molecule is CCOC(=O)c1c(C)[nH]c(C(=O)[C@H](C)Nc2ccc(C)c(S(=O)(=O)NC)c2)c1C. The maximum Gasteiger partial charge on any atom is 0.340 e. The van der Waals surface area contributed by atoms with Gasteiger partial charge in [-0.15, -0.1) is 0 Å². The summed E-state index contributed by atoms with van der Waals surface area (Å²) in [6, 6.07) is 4.22. The molecule has 0 unspecified atom stereocenters. The van der Waals surface area contributed by atoms with Gasteiger partial charge in [0.15, 0.2) is 0 Å². The van der Waals surface area contributed by atoms with Gasteiger partial charge in [0.05, 0.1) is 28.8 Å². The van der Waals surface area contributed by atoms with E-state index in [-0.39, 0.29) is 17.3 Å². The molecular weight excluding hydrogens is 394 g/mol. The molecule has 0 bridgehead atoms. The number of sulfonamides is 1. The lowest BCUT2D eigenvalue weighted by atomic mass is 10.0. The molecule has 0 amide bonds. The van der Waals surface area contributed by atoms with Gasteiger partial charge in [-0.1, -0.05) is 6.07 Å². The Balaban J connectivity index is 2.30. The molecule has 158 valence electrons. The van der Waals surface area contributed by atoms with Gasteiger partial charge in [0.1, 0.15) is 0 Å². The highest BCUT2D eigenvalue weighted by atomic mass is 32.2. The first-order chi connectivity index (χ1) is 13.5. The van der Waals surface area contributed by atoms with Gasteiger partial charge in [-0.3, -0.25) is 4.79 Å². The molecular formula is C20H27N3O5S. The topological polar surface area (TPSA) is 117 Å². The first kappa shape index (κ1) is 22.6. The molecule has 0 radical (unpaired) electrons. The molecule has 29 heavy (non-hydrogen) atoms. The maximum atomic E-state index is 12.9. The molecule has 0 spiro atoms. The van der Waals surface area contributed by atoms with Gasteiger partial charge in [-0.25, -0.2) is 17.9 Å². The van der Waals surface area contributed by atoms with E-state index in [4.69, 9.17) is 4.74 Å². The van der Waals surface area contributed by atoms with Crippen LogP contribution in [-0.4, -0.2) is 44.9 Å². The summed E-state index contributed by atoms with van der Waals surface area (Å²) in [5, 5.41) is 3.04. The van der Waals surface area contributed by atoms with Crippen molar-refractivity contribution >= 4 is 27.5 Å². The third-order valence-electron chi connectivity index (χ3n) is 4.69. The lowest BCUT2D eigenvalue weighted by Gasteiger charge is -2.16. The van der Waals surface area contributed by atoms with Gasteiger partial charge in [0, 0.05) is 11.4 Å². The fraction of sp³-hybridized carbons (Fsp3) is 0.400. The van der Waals surface area contributed by atoms with Crippen molar-refractivity contribution < 1.29 is 22.7 Å². The van der Waals surface area contributed by atoms with Crippen LogP contribution in [0.25, 0.3) is 0 Å². The summed E-state index contributed by atoms with van der Waals surface area (Å²) in [6.07, 6.45) is 0. The smallest absolute Gasteiger partial charge is 0.340 e. The minimum Gasteiger partial charge on any atom is -0.462 e. The summed E-state index contributed by atoms with van der Waals surface area (Å²) in [7, 11) is -2.27. The van der Waals surface area contributed by atoms with Gasteiger partial charge in [-0.2, -0.15) is 0 Å². The molecule has 0 saturated heterocycles. The number of aromatic amines is 1. The summed E-state index contributed by atoms with van der Waals surface area (Å²) in [5.74, 6) is -0.724. The molecule has 1 heterocycles. The second-order valence-corrected chi connectivity index (χ2v) is 8.62. The fourth-order valence-electron chi connectivity index (χ4n) is 3.13. The van der Waals surface area contributed by atoms with E-state index in [2.05, 4.69) is 15.0 Å². The van der Waals surface area contributed by atoms with E-state index in [9.17, 15) is 18.0 Å². The highest BCUT2D eigenvalue weighted by molar-refractivity contribution is 7.89. The maximum absolute atomic E-state index is 12.9. The van der Waals surface area contributed by atoms with E-state index >= 15 is 0 Å². The number of aromatic nitrogens is 1. The molecule has 0 saturated carbocycles. The van der Waals surface area contributed by atoms with E-state index in [1.807, 2.05) is 0 Å². The van der Waals surface area contributed by atoms with Crippen LogP contribution in [0, 0.1) is 20.8 Å². The number of anilines is 1. The number of esters is 1. The first-order valence-corrected chi connectivity index (χ1v) is 10.7. The second-order valence-electron chi connectivity index (χ2n) is 6.76. The Labute approximate surface area is 171 Å². The largest absolute Gasteiger partial charge is 0.462 e. The Morgan fingerprint density at radius 2 is 1.86 bits per heavy atom. The van der Waals surface area contributed by atoms with Crippen LogP contribution in [-0.2, 0) is 14.8 Å². The molecule has 9 heteroatoms. The first-order valence-electron chi connectivity index (χ1n) is 9.24. The third-order valence-corrected chi connectivity index (χ3v) is 6.24. The number of rotatable bonds is 8. The third kappa shape index (κ3) is 4.68. The molecule has 1 aromatic heterocycles. The highest BCUT2D eigenvalue weighted by Crippen LogP contribution is 2.23. The Kier molecular flexibility index (Phi) is 6.86. The molecule has 0 aliphatic carbocycles.